The molecular weight excluding hydrogens is 208 g/mol. The first-order chi connectivity index (χ1) is 7.22. The lowest BCUT2D eigenvalue weighted by atomic mass is 10.2. The van der Waals surface area contributed by atoms with E-state index in [0.717, 1.165) is 11.4 Å². The maximum absolute atomic E-state index is 6.85. The van der Waals surface area contributed by atoms with Gasteiger partial charge < -0.3 is 4.57 Å². The topological polar surface area (TPSA) is 38.0 Å². The standard InChI is InChI=1S/C10H8N4S/c1-11-8-5-3-7(4-6-8)9-12-13-10(15)14(9)2/h3-6H,2H3,(H,13,15). The summed E-state index contributed by atoms with van der Waals surface area (Å²) in [6.45, 7) is 6.85. The number of aromatic amines is 1. The van der Waals surface area contributed by atoms with Gasteiger partial charge in [-0.25, -0.2) is 4.85 Å². The number of rotatable bonds is 1. The summed E-state index contributed by atoms with van der Waals surface area (Å²) in [5.41, 5.74) is 1.56. The Balaban J connectivity index is 2.51. The molecule has 2 rings (SSSR count). The second kappa shape index (κ2) is 3.67. The van der Waals surface area contributed by atoms with Crippen molar-refractivity contribution < 1.29 is 0 Å². The molecule has 0 atom stereocenters. The zero-order chi connectivity index (χ0) is 10.8. The van der Waals surface area contributed by atoms with E-state index < -0.39 is 0 Å². The van der Waals surface area contributed by atoms with E-state index in [9.17, 15) is 0 Å². The third-order valence-corrected chi connectivity index (χ3v) is 2.50. The Bertz CT molecular complexity index is 571. The minimum Gasteiger partial charge on any atom is -0.303 e. The number of nitrogens with one attached hydrogen (secondary N) is 1. The third-order valence-electron chi connectivity index (χ3n) is 2.13. The van der Waals surface area contributed by atoms with Crippen molar-refractivity contribution in [3.63, 3.8) is 0 Å². The molecule has 0 aliphatic rings. The fraction of sp³-hybridized carbons (Fsp3) is 0.100. The molecular formula is C10H8N4S. The second-order valence-electron chi connectivity index (χ2n) is 3.07. The maximum atomic E-state index is 6.85. The summed E-state index contributed by atoms with van der Waals surface area (Å²) in [4.78, 5) is 3.33. The lowest BCUT2D eigenvalue weighted by Gasteiger charge is -1.99. The molecule has 1 aromatic carbocycles. The molecule has 0 radical (unpaired) electrons. The molecule has 0 aliphatic heterocycles. The largest absolute Gasteiger partial charge is 0.303 e. The summed E-state index contributed by atoms with van der Waals surface area (Å²) in [6, 6.07) is 7.25. The minimum absolute atomic E-state index is 0.583. The summed E-state index contributed by atoms with van der Waals surface area (Å²) in [7, 11) is 1.85. The van der Waals surface area contributed by atoms with Crippen molar-refractivity contribution in [3.05, 3.63) is 40.5 Å². The van der Waals surface area contributed by atoms with E-state index in [4.69, 9.17) is 18.8 Å². The highest BCUT2D eigenvalue weighted by Gasteiger charge is 2.04. The van der Waals surface area contributed by atoms with Crippen molar-refractivity contribution >= 4 is 17.9 Å². The zero-order valence-corrected chi connectivity index (χ0v) is 8.88. The molecule has 15 heavy (non-hydrogen) atoms. The predicted molar refractivity (Wildman–Crippen MR) is 60.1 cm³/mol. The molecule has 0 fully saturated rings. The Morgan fingerprint density at radius 1 is 1.40 bits per heavy atom. The van der Waals surface area contributed by atoms with Crippen LogP contribution in [0.3, 0.4) is 0 Å². The van der Waals surface area contributed by atoms with Crippen LogP contribution in [0.4, 0.5) is 5.69 Å². The van der Waals surface area contributed by atoms with Crippen LogP contribution in [-0.4, -0.2) is 14.8 Å². The van der Waals surface area contributed by atoms with Crippen molar-refractivity contribution in [1.29, 1.82) is 0 Å². The van der Waals surface area contributed by atoms with Crippen LogP contribution >= 0.6 is 12.2 Å². The van der Waals surface area contributed by atoms with Gasteiger partial charge >= 0.3 is 0 Å². The summed E-state index contributed by atoms with van der Waals surface area (Å²) in [6.07, 6.45) is 0. The fourth-order valence-electron chi connectivity index (χ4n) is 1.29. The van der Waals surface area contributed by atoms with Crippen molar-refractivity contribution in [2.24, 2.45) is 7.05 Å². The summed E-state index contributed by atoms with van der Waals surface area (Å²) < 4.78 is 2.38. The van der Waals surface area contributed by atoms with E-state index in [1.807, 2.05) is 19.2 Å². The number of nitrogens with zero attached hydrogens (tertiary/aromatic N) is 3. The van der Waals surface area contributed by atoms with Gasteiger partial charge in [0.25, 0.3) is 0 Å². The van der Waals surface area contributed by atoms with Crippen LogP contribution in [-0.2, 0) is 7.05 Å². The van der Waals surface area contributed by atoms with Crippen LogP contribution in [0.5, 0.6) is 0 Å². The molecule has 0 unspecified atom stereocenters. The number of aromatic nitrogens is 3. The molecule has 1 heterocycles. The van der Waals surface area contributed by atoms with Gasteiger partial charge in [-0.1, -0.05) is 24.3 Å². The van der Waals surface area contributed by atoms with Crippen molar-refractivity contribution in [3.8, 4) is 11.4 Å². The Morgan fingerprint density at radius 3 is 2.53 bits per heavy atom. The van der Waals surface area contributed by atoms with Crippen LogP contribution in [0.15, 0.2) is 24.3 Å². The van der Waals surface area contributed by atoms with Crippen molar-refractivity contribution in [1.82, 2.24) is 14.8 Å². The van der Waals surface area contributed by atoms with E-state index in [-0.39, 0.29) is 0 Å². The Labute approximate surface area is 92.0 Å². The van der Waals surface area contributed by atoms with Crippen LogP contribution in [0.25, 0.3) is 16.2 Å². The number of H-pyrrole nitrogens is 1. The Morgan fingerprint density at radius 2 is 2.07 bits per heavy atom. The lowest BCUT2D eigenvalue weighted by Crippen LogP contribution is -1.91. The number of benzene rings is 1. The Kier molecular flexibility index (Phi) is 2.35. The molecule has 0 spiro atoms. The van der Waals surface area contributed by atoms with Gasteiger partial charge in [0, 0.05) is 12.6 Å². The molecule has 0 saturated heterocycles. The second-order valence-corrected chi connectivity index (χ2v) is 3.46. The summed E-state index contributed by atoms with van der Waals surface area (Å²) in [5, 5.41) is 6.83. The van der Waals surface area contributed by atoms with E-state index in [0.29, 0.717) is 10.5 Å². The van der Waals surface area contributed by atoms with Gasteiger partial charge in [0.05, 0.1) is 6.57 Å². The Hall–Kier alpha value is -1.93. The molecule has 4 nitrogen and oxygen atoms in total. The van der Waals surface area contributed by atoms with Crippen molar-refractivity contribution in [2.75, 3.05) is 0 Å². The highest BCUT2D eigenvalue weighted by Crippen LogP contribution is 2.20. The first-order valence-electron chi connectivity index (χ1n) is 4.31. The van der Waals surface area contributed by atoms with Gasteiger partial charge in [0.15, 0.2) is 16.3 Å². The smallest absolute Gasteiger partial charge is 0.195 e. The molecule has 2 aromatic rings. The maximum Gasteiger partial charge on any atom is 0.195 e. The average Bonchev–Trinajstić information content (AvgIpc) is 2.60. The van der Waals surface area contributed by atoms with E-state index >= 15 is 0 Å². The third kappa shape index (κ3) is 1.67. The number of hydrogen-bond acceptors (Lipinski definition) is 2. The van der Waals surface area contributed by atoms with E-state index in [1.54, 1.807) is 16.7 Å². The average molecular weight is 216 g/mol. The first kappa shape index (κ1) is 9.62. The number of hydrogen-bond donors (Lipinski definition) is 1. The molecule has 0 amide bonds. The minimum atomic E-state index is 0.583. The van der Waals surface area contributed by atoms with Crippen LogP contribution in [0.1, 0.15) is 0 Å². The SMILES string of the molecule is [C-]#[N+]c1ccc(-c2n[nH]c(=S)n2C)cc1. The molecule has 74 valence electrons. The van der Waals surface area contributed by atoms with Gasteiger partial charge in [-0.05, 0) is 12.2 Å². The van der Waals surface area contributed by atoms with Crippen LogP contribution in [0, 0.1) is 11.3 Å². The quantitative estimate of drug-likeness (QED) is 0.588. The molecule has 0 bridgehead atoms. The summed E-state index contributed by atoms with van der Waals surface area (Å²) >= 11 is 5.02. The molecule has 1 aromatic heterocycles. The van der Waals surface area contributed by atoms with Gasteiger partial charge in [-0.2, -0.15) is 5.10 Å². The normalized spacial score (nSPS) is 9.87. The summed E-state index contributed by atoms with van der Waals surface area (Å²) in [5.74, 6) is 0.775. The monoisotopic (exact) mass is 216 g/mol. The van der Waals surface area contributed by atoms with E-state index in [2.05, 4.69) is 15.0 Å². The van der Waals surface area contributed by atoms with Gasteiger partial charge in [-0.15, -0.1) is 0 Å². The van der Waals surface area contributed by atoms with E-state index in [1.165, 1.54) is 0 Å². The fourth-order valence-corrected chi connectivity index (χ4v) is 1.42. The van der Waals surface area contributed by atoms with Crippen LogP contribution in [0.2, 0.25) is 0 Å². The van der Waals surface area contributed by atoms with Gasteiger partial charge in [0.1, 0.15) is 0 Å². The van der Waals surface area contributed by atoms with Crippen molar-refractivity contribution in [2.45, 2.75) is 0 Å². The predicted octanol–water partition coefficient (Wildman–Crippen LogP) is 2.70. The van der Waals surface area contributed by atoms with Gasteiger partial charge in [-0.3, -0.25) is 5.10 Å². The zero-order valence-electron chi connectivity index (χ0n) is 8.06. The van der Waals surface area contributed by atoms with Crippen LogP contribution < -0.4 is 0 Å². The van der Waals surface area contributed by atoms with Gasteiger partial charge in [0.2, 0.25) is 0 Å². The molecule has 0 aliphatic carbocycles. The molecule has 0 saturated carbocycles. The molecule has 5 heteroatoms. The first-order valence-corrected chi connectivity index (χ1v) is 4.72. The molecule has 1 N–H and O–H groups in total. The highest BCUT2D eigenvalue weighted by molar-refractivity contribution is 7.71. The lowest BCUT2D eigenvalue weighted by molar-refractivity contribution is 0.902. The highest BCUT2D eigenvalue weighted by atomic mass is 32.1.